The average Bonchev–Trinajstić information content (AvgIpc) is 3.39. The zero-order valence-electron chi connectivity index (χ0n) is 16.1. The molecule has 0 amide bonds. The molecule has 148 valence electrons. The summed E-state index contributed by atoms with van der Waals surface area (Å²) in [6.07, 6.45) is 5.54. The molecule has 0 fully saturated rings. The normalized spacial score (nSPS) is 12.3. The third-order valence-electron chi connectivity index (χ3n) is 5.05. The lowest BCUT2D eigenvalue weighted by Gasteiger charge is -2.12. The molecule has 5 aromatic rings. The summed E-state index contributed by atoms with van der Waals surface area (Å²) >= 11 is 0. The first-order chi connectivity index (χ1) is 14.6. The Balaban J connectivity index is 1.46. The number of hydrogen-bond donors (Lipinski definition) is 1. The molecule has 0 unspecified atom stereocenters. The molecule has 4 aromatic heterocycles. The second-order valence-corrected chi connectivity index (χ2v) is 7.03. The first-order valence-corrected chi connectivity index (χ1v) is 9.46. The van der Waals surface area contributed by atoms with Crippen LogP contribution in [-0.4, -0.2) is 29.4 Å². The van der Waals surface area contributed by atoms with Crippen LogP contribution in [0.2, 0.25) is 0 Å². The molecule has 0 aliphatic rings. The van der Waals surface area contributed by atoms with Crippen LogP contribution >= 0.6 is 0 Å². The molecule has 0 radical (unpaired) electrons. The van der Waals surface area contributed by atoms with Crippen molar-refractivity contribution in [3.63, 3.8) is 0 Å². The van der Waals surface area contributed by atoms with Gasteiger partial charge in [-0.05, 0) is 48.9 Å². The Kier molecular flexibility index (Phi) is 4.24. The van der Waals surface area contributed by atoms with Crippen LogP contribution in [0.1, 0.15) is 18.5 Å². The summed E-state index contributed by atoms with van der Waals surface area (Å²) < 4.78 is 16.7. The number of anilines is 1. The molecular weight excluding hydrogens is 381 g/mol. The number of nitrogen functional groups attached to an aromatic ring is 1. The van der Waals surface area contributed by atoms with Crippen molar-refractivity contribution in [2.45, 2.75) is 13.0 Å². The van der Waals surface area contributed by atoms with Gasteiger partial charge in [0.25, 0.3) is 0 Å². The van der Waals surface area contributed by atoms with E-state index in [4.69, 9.17) is 10.7 Å². The first kappa shape index (κ1) is 18.0. The summed E-state index contributed by atoms with van der Waals surface area (Å²) in [4.78, 5) is 8.99. The molecule has 0 bridgehead atoms. The third kappa shape index (κ3) is 3.28. The SMILES string of the molecule is C[C@H](c1ccc(F)cc1)n1cc(-c2cccc(-c3ccn4nc(N)nc4c3)n2)cn1. The van der Waals surface area contributed by atoms with Gasteiger partial charge in [-0.25, -0.2) is 13.9 Å². The maximum absolute atomic E-state index is 13.2. The van der Waals surface area contributed by atoms with Gasteiger partial charge < -0.3 is 5.73 Å². The minimum Gasteiger partial charge on any atom is -0.366 e. The van der Waals surface area contributed by atoms with Crippen molar-refractivity contribution in [2.24, 2.45) is 0 Å². The molecule has 0 saturated carbocycles. The Morgan fingerprint density at radius 2 is 1.73 bits per heavy atom. The van der Waals surface area contributed by atoms with Crippen LogP contribution in [-0.2, 0) is 0 Å². The molecule has 1 atom stereocenters. The number of benzene rings is 1. The first-order valence-electron chi connectivity index (χ1n) is 9.46. The van der Waals surface area contributed by atoms with E-state index in [1.165, 1.54) is 12.1 Å². The van der Waals surface area contributed by atoms with Gasteiger partial charge in [0.15, 0.2) is 5.65 Å². The lowest BCUT2D eigenvalue weighted by molar-refractivity contribution is 0.561. The Hall–Kier alpha value is -4.07. The summed E-state index contributed by atoms with van der Waals surface area (Å²) in [6, 6.07) is 16.1. The second kappa shape index (κ2) is 7.07. The molecule has 0 spiro atoms. The van der Waals surface area contributed by atoms with E-state index < -0.39 is 0 Å². The Labute approximate surface area is 171 Å². The zero-order valence-corrected chi connectivity index (χ0v) is 16.1. The number of nitrogens with zero attached hydrogens (tertiary/aromatic N) is 6. The van der Waals surface area contributed by atoms with Gasteiger partial charge in [0, 0.05) is 23.5 Å². The number of pyridine rings is 2. The van der Waals surface area contributed by atoms with Gasteiger partial charge in [0.05, 0.1) is 23.6 Å². The van der Waals surface area contributed by atoms with E-state index in [2.05, 4.69) is 15.2 Å². The molecule has 0 saturated heterocycles. The van der Waals surface area contributed by atoms with Crippen LogP contribution in [0, 0.1) is 5.82 Å². The van der Waals surface area contributed by atoms with Crippen LogP contribution in [0.4, 0.5) is 10.3 Å². The van der Waals surface area contributed by atoms with E-state index in [0.29, 0.717) is 5.65 Å². The highest BCUT2D eigenvalue weighted by atomic mass is 19.1. The molecule has 2 N–H and O–H groups in total. The maximum Gasteiger partial charge on any atom is 0.240 e. The fourth-order valence-electron chi connectivity index (χ4n) is 3.39. The molecule has 30 heavy (non-hydrogen) atoms. The van der Waals surface area contributed by atoms with E-state index in [0.717, 1.165) is 28.1 Å². The van der Waals surface area contributed by atoms with Crippen LogP contribution in [0.5, 0.6) is 0 Å². The van der Waals surface area contributed by atoms with Crippen LogP contribution < -0.4 is 5.73 Å². The lowest BCUT2D eigenvalue weighted by atomic mass is 10.1. The van der Waals surface area contributed by atoms with E-state index in [9.17, 15) is 4.39 Å². The highest BCUT2D eigenvalue weighted by Crippen LogP contribution is 2.25. The van der Waals surface area contributed by atoms with E-state index >= 15 is 0 Å². The number of nitrogens with two attached hydrogens (primary N) is 1. The van der Waals surface area contributed by atoms with Gasteiger partial charge in [-0.2, -0.15) is 10.1 Å². The smallest absolute Gasteiger partial charge is 0.240 e. The van der Waals surface area contributed by atoms with Crippen LogP contribution in [0.15, 0.2) is 73.2 Å². The summed E-state index contributed by atoms with van der Waals surface area (Å²) in [6.45, 7) is 2.02. The average molecular weight is 399 g/mol. The number of hydrogen-bond acceptors (Lipinski definition) is 5. The van der Waals surface area contributed by atoms with Gasteiger partial charge in [-0.15, -0.1) is 5.10 Å². The largest absolute Gasteiger partial charge is 0.366 e. The lowest BCUT2D eigenvalue weighted by Crippen LogP contribution is -2.06. The second-order valence-electron chi connectivity index (χ2n) is 7.03. The van der Waals surface area contributed by atoms with Crippen molar-refractivity contribution < 1.29 is 4.39 Å². The summed E-state index contributed by atoms with van der Waals surface area (Å²) in [7, 11) is 0. The molecule has 7 nitrogen and oxygen atoms in total. The van der Waals surface area contributed by atoms with E-state index in [1.807, 2.05) is 54.3 Å². The molecule has 5 rings (SSSR count). The van der Waals surface area contributed by atoms with Crippen molar-refractivity contribution >= 4 is 11.6 Å². The highest BCUT2D eigenvalue weighted by molar-refractivity contribution is 5.68. The Bertz CT molecular complexity index is 1340. The predicted octanol–water partition coefficient (Wildman–Crippen LogP) is 3.99. The van der Waals surface area contributed by atoms with Gasteiger partial charge in [-0.3, -0.25) is 4.68 Å². The minimum absolute atomic E-state index is 0.0247. The van der Waals surface area contributed by atoms with Crippen LogP contribution in [0.25, 0.3) is 28.2 Å². The fourth-order valence-corrected chi connectivity index (χ4v) is 3.39. The molecule has 4 heterocycles. The van der Waals surface area contributed by atoms with Crippen molar-refractivity contribution in [1.82, 2.24) is 29.4 Å². The van der Waals surface area contributed by atoms with Crippen molar-refractivity contribution in [3.8, 4) is 22.5 Å². The van der Waals surface area contributed by atoms with E-state index in [-0.39, 0.29) is 17.8 Å². The standard InChI is InChI=1S/C22H18FN7/c1-14(15-5-7-18(23)8-6-15)30-13-17(12-25-30)20-4-2-3-19(26-20)16-9-10-29-21(11-16)27-22(24)28-29/h2-14H,1H3,(H2,24,28)/t14-/m1/s1. The van der Waals surface area contributed by atoms with Crippen molar-refractivity contribution in [1.29, 1.82) is 0 Å². The summed E-state index contributed by atoms with van der Waals surface area (Å²) in [5.41, 5.74) is 10.8. The van der Waals surface area contributed by atoms with Gasteiger partial charge >= 0.3 is 0 Å². The van der Waals surface area contributed by atoms with Gasteiger partial charge in [-0.1, -0.05) is 18.2 Å². The molecule has 1 aromatic carbocycles. The highest BCUT2D eigenvalue weighted by Gasteiger charge is 2.12. The summed E-state index contributed by atoms with van der Waals surface area (Å²) in [5, 5.41) is 8.58. The number of fused-ring (bicyclic) bond motifs is 1. The predicted molar refractivity (Wildman–Crippen MR) is 112 cm³/mol. The molecule has 0 aliphatic carbocycles. The van der Waals surface area contributed by atoms with E-state index in [1.54, 1.807) is 22.8 Å². The third-order valence-corrected chi connectivity index (χ3v) is 5.05. The van der Waals surface area contributed by atoms with Gasteiger partial charge in [0.1, 0.15) is 5.82 Å². The van der Waals surface area contributed by atoms with Crippen molar-refractivity contribution in [2.75, 3.05) is 5.73 Å². The number of halogens is 1. The maximum atomic E-state index is 13.2. The fraction of sp³-hybridized carbons (Fsp3) is 0.0909. The quantitative estimate of drug-likeness (QED) is 0.494. The summed E-state index contributed by atoms with van der Waals surface area (Å²) in [5.74, 6) is -0.0170. The molecule has 8 heteroatoms. The zero-order chi connectivity index (χ0) is 20.7. The minimum atomic E-state index is -0.250. The van der Waals surface area contributed by atoms with Gasteiger partial charge in [0.2, 0.25) is 5.95 Å². The van der Waals surface area contributed by atoms with Crippen LogP contribution in [0.3, 0.4) is 0 Å². The topological polar surface area (TPSA) is 86.9 Å². The number of rotatable bonds is 4. The molecular formula is C22H18FN7. The Morgan fingerprint density at radius 3 is 2.53 bits per heavy atom. The number of aromatic nitrogens is 6. The molecule has 0 aliphatic heterocycles. The monoisotopic (exact) mass is 399 g/mol. The van der Waals surface area contributed by atoms with Crippen molar-refractivity contribution in [3.05, 3.63) is 84.6 Å². The Morgan fingerprint density at radius 1 is 0.967 bits per heavy atom.